The number of hydrogen-bond donors (Lipinski definition) is 4. The molecule has 0 aliphatic rings. The van der Waals surface area contributed by atoms with E-state index in [1.165, 1.54) is 37.8 Å². The first-order chi connectivity index (χ1) is 15.8. The third-order valence-electron chi connectivity index (χ3n) is 3.67. The maximum atomic E-state index is 14.1. The number of hydrogen-bond acceptors (Lipinski definition) is 8. The molecule has 3 aromatic rings. The van der Waals surface area contributed by atoms with E-state index in [9.17, 15) is 26.0 Å². The number of carbonyl (C=O) groups is 1. The van der Waals surface area contributed by atoms with Gasteiger partial charge in [-0.3, -0.25) is 0 Å². The predicted molar refractivity (Wildman–Crippen MR) is 114 cm³/mol. The van der Waals surface area contributed by atoms with Crippen LogP contribution in [0.3, 0.4) is 0 Å². The maximum absolute atomic E-state index is 14.1. The number of aliphatic carboxylic acids is 1. The van der Waals surface area contributed by atoms with Crippen LogP contribution in [-0.2, 0) is 14.8 Å². The Morgan fingerprint density at radius 3 is 2.15 bits per heavy atom. The number of pyridine rings is 1. The molecule has 0 aliphatic carbocycles. The largest absolute Gasteiger partial charge is 0.490 e. The topological polar surface area (TPSA) is 146 Å². The molecule has 0 aliphatic heterocycles. The Morgan fingerprint density at radius 2 is 1.62 bits per heavy atom. The zero-order valence-electron chi connectivity index (χ0n) is 16.9. The number of anilines is 4. The van der Waals surface area contributed by atoms with Crippen LogP contribution < -0.4 is 15.4 Å². The molecule has 0 amide bonds. The minimum Gasteiger partial charge on any atom is -0.475 e. The number of nitrogens with zero attached hydrogens (tertiary/aromatic N) is 3. The van der Waals surface area contributed by atoms with Crippen molar-refractivity contribution in [3.05, 3.63) is 59.8 Å². The highest BCUT2D eigenvalue weighted by molar-refractivity contribution is 7.89. The van der Waals surface area contributed by atoms with Gasteiger partial charge in [0.15, 0.2) is 0 Å². The van der Waals surface area contributed by atoms with E-state index in [-0.39, 0.29) is 16.4 Å². The zero-order chi connectivity index (χ0) is 25.5. The van der Waals surface area contributed by atoms with Gasteiger partial charge in [-0.1, -0.05) is 11.6 Å². The standard InChI is InChI=1S/C16H14ClFN6O2S.C2HF3O2/c1-19-27(25,26)11-3-4-12(18)13(6-11)23-15-7-16(22-9-21-15)24-14-5-2-10(17)8-20-14;3-2(4,5)1(6)7/h2-9,19H,1H3,(H2,20,21,22,23,24);(H,6,7). The second-order valence-electron chi connectivity index (χ2n) is 6.05. The van der Waals surface area contributed by atoms with Gasteiger partial charge in [-0.15, -0.1) is 0 Å². The van der Waals surface area contributed by atoms with Gasteiger partial charge in [0.25, 0.3) is 0 Å². The molecule has 0 atom stereocenters. The zero-order valence-corrected chi connectivity index (χ0v) is 18.5. The van der Waals surface area contributed by atoms with Crippen LogP contribution in [0, 0.1) is 5.82 Å². The van der Waals surface area contributed by atoms with Crippen LogP contribution in [0.25, 0.3) is 0 Å². The molecule has 0 fully saturated rings. The van der Waals surface area contributed by atoms with Crippen LogP contribution in [0.5, 0.6) is 0 Å². The molecule has 1 aromatic carbocycles. The van der Waals surface area contributed by atoms with E-state index in [1.54, 1.807) is 12.1 Å². The minimum absolute atomic E-state index is 0.0411. The lowest BCUT2D eigenvalue weighted by molar-refractivity contribution is -0.192. The first kappa shape index (κ1) is 26.7. The van der Waals surface area contributed by atoms with Crippen molar-refractivity contribution in [2.45, 2.75) is 11.1 Å². The second kappa shape index (κ2) is 11.0. The van der Waals surface area contributed by atoms with Crippen molar-refractivity contribution in [2.75, 3.05) is 17.7 Å². The first-order valence-electron chi connectivity index (χ1n) is 8.82. The highest BCUT2D eigenvalue weighted by Crippen LogP contribution is 2.24. The van der Waals surface area contributed by atoms with Gasteiger partial charge in [-0.05, 0) is 37.4 Å². The molecule has 0 spiro atoms. The number of nitrogens with one attached hydrogen (secondary N) is 3. The van der Waals surface area contributed by atoms with Gasteiger partial charge in [-0.25, -0.2) is 37.3 Å². The third kappa shape index (κ3) is 7.79. The summed E-state index contributed by atoms with van der Waals surface area (Å²) in [5, 5.41) is 13.3. The molecule has 3 rings (SSSR count). The Labute approximate surface area is 195 Å². The summed E-state index contributed by atoms with van der Waals surface area (Å²) in [5.74, 6) is -2.21. The van der Waals surface area contributed by atoms with Crippen molar-refractivity contribution in [1.29, 1.82) is 0 Å². The Kier molecular flexibility index (Phi) is 8.67. The van der Waals surface area contributed by atoms with Gasteiger partial charge in [0.2, 0.25) is 10.0 Å². The number of alkyl halides is 3. The van der Waals surface area contributed by atoms with Crippen LogP contribution in [0.4, 0.5) is 40.7 Å². The van der Waals surface area contributed by atoms with E-state index in [4.69, 9.17) is 21.5 Å². The Bertz CT molecular complexity index is 1260. The van der Waals surface area contributed by atoms with Crippen molar-refractivity contribution in [1.82, 2.24) is 19.7 Å². The third-order valence-corrected chi connectivity index (χ3v) is 5.31. The second-order valence-corrected chi connectivity index (χ2v) is 8.38. The van der Waals surface area contributed by atoms with E-state index in [0.29, 0.717) is 16.7 Å². The van der Waals surface area contributed by atoms with Crippen molar-refractivity contribution >= 4 is 50.7 Å². The quantitative estimate of drug-likeness (QED) is 0.356. The summed E-state index contributed by atoms with van der Waals surface area (Å²) in [6.45, 7) is 0. The molecule has 182 valence electrons. The molecule has 2 aromatic heterocycles. The van der Waals surface area contributed by atoms with E-state index >= 15 is 0 Å². The van der Waals surface area contributed by atoms with Gasteiger partial charge in [-0.2, -0.15) is 13.2 Å². The highest BCUT2D eigenvalue weighted by atomic mass is 35.5. The number of halogens is 5. The molecule has 2 heterocycles. The molecule has 34 heavy (non-hydrogen) atoms. The van der Waals surface area contributed by atoms with Gasteiger partial charge < -0.3 is 15.7 Å². The lowest BCUT2D eigenvalue weighted by Crippen LogP contribution is -2.21. The highest BCUT2D eigenvalue weighted by Gasteiger charge is 2.38. The van der Waals surface area contributed by atoms with E-state index in [2.05, 4.69) is 30.3 Å². The van der Waals surface area contributed by atoms with Crippen molar-refractivity contribution in [2.24, 2.45) is 0 Å². The van der Waals surface area contributed by atoms with Crippen molar-refractivity contribution in [3.8, 4) is 0 Å². The van der Waals surface area contributed by atoms with Crippen molar-refractivity contribution in [3.63, 3.8) is 0 Å². The Balaban J connectivity index is 0.000000509. The van der Waals surface area contributed by atoms with Gasteiger partial charge in [0.05, 0.1) is 15.6 Å². The number of carboxylic acids is 1. The number of aromatic nitrogens is 3. The molecule has 10 nitrogen and oxygen atoms in total. The first-order valence-corrected chi connectivity index (χ1v) is 10.7. The molecule has 0 radical (unpaired) electrons. The summed E-state index contributed by atoms with van der Waals surface area (Å²) in [7, 11) is -2.43. The molecule has 0 saturated carbocycles. The fourth-order valence-corrected chi connectivity index (χ4v) is 2.97. The molecule has 16 heteroatoms. The van der Waals surface area contributed by atoms with Gasteiger partial charge >= 0.3 is 12.1 Å². The summed E-state index contributed by atoms with van der Waals surface area (Å²) in [5.41, 5.74) is -0.0411. The van der Waals surface area contributed by atoms with Gasteiger partial charge in [0, 0.05) is 12.3 Å². The fraction of sp³-hybridized carbons (Fsp3) is 0.111. The maximum Gasteiger partial charge on any atom is 0.490 e. The summed E-state index contributed by atoms with van der Waals surface area (Å²) >= 11 is 5.79. The molecular formula is C18H15ClF4N6O4S. The van der Waals surface area contributed by atoms with E-state index < -0.39 is 28.0 Å². The SMILES string of the molecule is CNS(=O)(=O)c1ccc(F)c(Nc2cc(Nc3ccc(Cl)cn3)ncn2)c1.O=C(O)C(F)(F)F. The van der Waals surface area contributed by atoms with Crippen LogP contribution >= 0.6 is 11.6 Å². The molecule has 0 unspecified atom stereocenters. The average Bonchev–Trinajstić information content (AvgIpc) is 2.77. The van der Waals surface area contributed by atoms with Crippen LogP contribution in [0.2, 0.25) is 5.02 Å². The predicted octanol–water partition coefficient (Wildman–Crippen LogP) is 3.69. The summed E-state index contributed by atoms with van der Waals surface area (Å²) in [4.78, 5) is 21.0. The van der Waals surface area contributed by atoms with Crippen LogP contribution in [0.15, 0.2) is 53.8 Å². The molecular weight excluding hydrogens is 508 g/mol. The summed E-state index contributed by atoms with van der Waals surface area (Å²) in [6.07, 6.45) is -2.33. The number of carboxylic acid groups (broad SMARTS) is 1. The molecule has 0 bridgehead atoms. The Hall–Kier alpha value is -3.56. The number of rotatable bonds is 6. The van der Waals surface area contributed by atoms with Gasteiger partial charge in [0.1, 0.15) is 29.6 Å². The summed E-state index contributed by atoms with van der Waals surface area (Å²) < 4.78 is 71.8. The molecule has 4 N–H and O–H groups in total. The normalized spacial score (nSPS) is 11.2. The smallest absolute Gasteiger partial charge is 0.475 e. The molecule has 0 saturated heterocycles. The van der Waals surface area contributed by atoms with Crippen LogP contribution in [0.1, 0.15) is 0 Å². The number of benzene rings is 1. The van der Waals surface area contributed by atoms with Crippen molar-refractivity contribution < 1.29 is 35.9 Å². The lowest BCUT2D eigenvalue weighted by atomic mass is 10.3. The van der Waals surface area contributed by atoms with E-state index in [0.717, 1.165) is 6.07 Å². The summed E-state index contributed by atoms with van der Waals surface area (Å²) in [6, 6.07) is 8.27. The monoisotopic (exact) mass is 522 g/mol. The average molecular weight is 523 g/mol. The lowest BCUT2D eigenvalue weighted by Gasteiger charge is -2.10. The number of sulfonamides is 1. The van der Waals surface area contributed by atoms with E-state index in [1.807, 2.05) is 0 Å². The fourth-order valence-electron chi connectivity index (χ4n) is 2.10. The van der Waals surface area contributed by atoms with Crippen LogP contribution in [-0.4, -0.2) is 47.7 Å². The Morgan fingerprint density at radius 1 is 1.00 bits per heavy atom. The minimum atomic E-state index is -5.08.